The molecule has 1 heterocycles. The summed E-state index contributed by atoms with van der Waals surface area (Å²) in [6, 6.07) is 7.31. The highest BCUT2D eigenvalue weighted by atomic mass is 16.2. The molecule has 1 unspecified atom stereocenters. The summed E-state index contributed by atoms with van der Waals surface area (Å²) >= 11 is 0. The maximum atomic E-state index is 12.3. The number of nitrogens with one attached hydrogen (secondary N) is 2. The van der Waals surface area contributed by atoms with Gasteiger partial charge in [0.1, 0.15) is 6.04 Å². The summed E-state index contributed by atoms with van der Waals surface area (Å²) in [5.41, 5.74) is 2.26. The Kier molecular flexibility index (Phi) is 3.26. The number of hydrogen-bond acceptors (Lipinski definition) is 3. The van der Waals surface area contributed by atoms with Crippen LogP contribution in [0.1, 0.15) is 36.3 Å². The van der Waals surface area contributed by atoms with E-state index in [0.29, 0.717) is 6.42 Å². The average Bonchev–Trinajstić information content (AvgIpc) is 2.86. The Hall–Kier alpha value is -2.17. The van der Waals surface area contributed by atoms with Crippen molar-refractivity contribution < 1.29 is 14.4 Å². The van der Waals surface area contributed by atoms with Crippen LogP contribution in [0.5, 0.6) is 0 Å². The van der Waals surface area contributed by atoms with Crippen molar-refractivity contribution in [2.45, 2.75) is 37.6 Å². The Bertz CT molecular complexity index is 582. The second-order valence-electron chi connectivity index (χ2n) is 5.30. The van der Waals surface area contributed by atoms with E-state index in [-0.39, 0.29) is 24.2 Å². The third kappa shape index (κ3) is 2.31. The van der Waals surface area contributed by atoms with Crippen LogP contribution < -0.4 is 10.6 Å². The number of benzene rings is 1. The van der Waals surface area contributed by atoms with Crippen LogP contribution in [0.15, 0.2) is 24.3 Å². The van der Waals surface area contributed by atoms with Crippen LogP contribution in [0.3, 0.4) is 0 Å². The fraction of sp³-hybridized carbons (Fsp3) is 0.400. The number of piperidine rings is 1. The Labute approximate surface area is 116 Å². The first kappa shape index (κ1) is 12.8. The largest absolute Gasteiger partial charge is 0.344 e. The van der Waals surface area contributed by atoms with Gasteiger partial charge in [-0.05, 0) is 30.4 Å². The molecule has 0 bridgehead atoms. The minimum atomic E-state index is -0.590. The number of rotatable bonds is 2. The molecule has 5 heteroatoms. The number of imide groups is 1. The first-order valence-corrected chi connectivity index (χ1v) is 6.87. The van der Waals surface area contributed by atoms with E-state index >= 15 is 0 Å². The molecule has 3 rings (SSSR count). The number of aryl methyl sites for hydroxylation is 1. The van der Waals surface area contributed by atoms with Crippen molar-refractivity contribution in [3.05, 3.63) is 35.4 Å². The Morgan fingerprint density at radius 3 is 2.75 bits per heavy atom. The molecule has 0 radical (unpaired) electrons. The predicted molar refractivity (Wildman–Crippen MR) is 71.8 cm³/mol. The molecule has 2 atom stereocenters. The monoisotopic (exact) mass is 272 g/mol. The van der Waals surface area contributed by atoms with E-state index in [0.717, 1.165) is 18.4 Å². The van der Waals surface area contributed by atoms with Crippen LogP contribution in [0.25, 0.3) is 0 Å². The van der Waals surface area contributed by atoms with Gasteiger partial charge in [0.15, 0.2) is 0 Å². The quantitative estimate of drug-likeness (QED) is 0.776. The molecule has 1 aromatic carbocycles. The Morgan fingerprint density at radius 2 is 1.95 bits per heavy atom. The highest BCUT2D eigenvalue weighted by molar-refractivity contribution is 6.02. The van der Waals surface area contributed by atoms with Gasteiger partial charge >= 0.3 is 0 Å². The molecule has 1 aliphatic carbocycles. The third-order valence-electron chi connectivity index (χ3n) is 4.01. The summed E-state index contributed by atoms with van der Waals surface area (Å²) in [4.78, 5) is 35.1. The molecule has 3 amide bonds. The highest BCUT2D eigenvalue weighted by Gasteiger charge is 2.33. The van der Waals surface area contributed by atoms with Crippen LogP contribution in [-0.2, 0) is 20.8 Å². The summed E-state index contributed by atoms with van der Waals surface area (Å²) in [7, 11) is 0. The Balaban J connectivity index is 1.69. The van der Waals surface area contributed by atoms with Gasteiger partial charge in [-0.15, -0.1) is 0 Å². The number of carbonyl (C=O) groups is 3. The minimum Gasteiger partial charge on any atom is -0.344 e. The van der Waals surface area contributed by atoms with Crippen LogP contribution >= 0.6 is 0 Å². The van der Waals surface area contributed by atoms with Gasteiger partial charge in [0, 0.05) is 6.42 Å². The SMILES string of the molecule is O=C1CC[C@H](NC(=O)C2CCc3ccccc32)C(=O)N1. The van der Waals surface area contributed by atoms with E-state index in [1.54, 1.807) is 0 Å². The van der Waals surface area contributed by atoms with Gasteiger partial charge < -0.3 is 5.32 Å². The zero-order valence-electron chi connectivity index (χ0n) is 11.0. The summed E-state index contributed by atoms with van der Waals surface area (Å²) in [5.74, 6) is -0.978. The summed E-state index contributed by atoms with van der Waals surface area (Å²) in [6.45, 7) is 0. The van der Waals surface area contributed by atoms with Crippen molar-refractivity contribution in [3.8, 4) is 0 Å². The molecular formula is C15H16N2O3. The second kappa shape index (κ2) is 5.07. The first-order chi connectivity index (χ1) is 9.65. The number of fused-ring (bicyclic) bond motifs is 1. The van der Waals surface area contributed by atoms with Gasteiger partial charge in [-0.2, -0.15) is 0 Å². The lowest BCUT2D eigenvalue weighted by atomic mass is 9.99. The van der Waals surface area contributed by atoms with Crippen LogP contribution in [0.4, 0.5) is 0 Å². The zero-order valence-corrected chi connectivity index (χ0v) is 11.0. The van der Waals surface area contributed by atoms with Gasteiger partial charge in [-0.1, -0.05) is 24.3 Å². The molecule has 1 fully saturated rings. The topological polar surface area (TPSA) is 75.3 Å². The van der Waals surface area contributed by atoms with Crippen molar-refractivity contribution in [2.24, 2.45) is 0 Å². The van der Waals surface area contributed by atoms with Crippen molar-refractivity contribution in [1.29, 1.82) is 0 Å². The molecule has 1 aromatic rings. The third-order valence-corrected chi connectivity index (χ3v) is 4.01. The van der Waals surface area contributed by atoms with Gasteiger partial charge in [0.05, 0.1) is 5.92 Å². The lowest BCUT2D eigenvalue weighted by molar-refractivity contribution is -0.137. The maximum Gasteiger partial charge on any atom is 0.249 e. The van der Waals surface area contributed by atoms with Crippen molar-refractivity contribution >= 4 is 17.7 Å². The molecule has 0 saturated carbocycles. The fourth-order valence-electron chi connectivity index (χ4n) is 2.93. The molecule has 2 N–H and O–H groups in total. The summed E-state index contributed by atoms with van der Waals surface area (Å²) < 4.78 is 0. The van der Waals surface area contributed by atoms with E-state index in [1.165, 1.54) is 5.56 Å². The standard InChI is InChI=1S/C15H16N2O3/c18-13-8-7-12(15(20)17-13)16-14(19)11-6-5-9-3-1-2-4-10(9)11/h1-4,11-12H,5-8H2,(H,16,19)(H,17,18,20)/t11?,12-/m0/s1. The van der Waals surface area contributed by atoms with E-state index in [9.17, 15) is 14.4 Å². The molecule has 0 aromatic heterocycles. The average molecular weight is 272 g/mol. The van der Waals surface area contributed by atoms with E-state index in [1.807, 2.05) is 24.3 Å². The number of amides is 3. The zero-order chi connectivity index (χ0) is 14.1. The predicted octanol–water partition coefficient (Wildman–Crippen LogP) is 0.638. The number of carbonyl (C=O) groups excluding carboxylic acids is 3. The number of hydrogen-bond donors (Lipinski definition) is 2. The van der Waals surface area contributed by atoms with Crippen LogP contribution in [-0.4, -0.2) is 23.8 Å². The summed E-state index contributed by atoms with van der Waals surface area (Å²) in [5, 5.41) is 5.02. The van der Waals surface area contributed by atoms with Crippen molar-refractivity contribution in [2.75, 3.05) is 0 Å². The molecule has 5 nitrogen and oxygen atoms in total. The maximum absolute atomic E-state index is 12.3. The molecular weight excluding hydrogens is 256 g/mol. The molecule has 0 spiro atoms. The van der Waals surface area contributed by atoms with Gasteiger partial charge in [-0.3, -0.25) is 19.7 Å². The molecule has 1 saturated heterocycles. The van der Waals surface area contributed by atoms with E-state index in [2.05, 4.69) is 10.6 Å². The van der Waals surface area contributed by atoms with Crippen molar-refractivity contribution in [3.63, 3.8) is 0 Å². The second-order valence-corrected chi connectivity index (χ2v) is 5.30. The van der Waals surface area contributed by atoms with Crippen molar-refractivity contribution in [1.82, 2.24) is 10.6 Å². The molecule has 104 valence electrons. The fourth-order valence-corrected chi connectivity index (χ4v) is 2.93. The lowest BCUT2D eigenvalue weighted by Crippen LogP contribution is -2.53. The first-order valence-electron chi connectivity index (χ1n) is 6.87. The summed E-state index contributed by atoms with van der Waals surface area (Å²) in [6.07, 6.45) is 2.32. The molecule has 20 heavy (non-hydrogen) atoms. The highest BCUT2D eigenvalue weighted by Crippen LogP contribution is 2.33. The van der Waals surface area contributed by atoms with E-state index in [4.69, 9.17) is 0 Å². The van der Waals surface area contributed by atoms with Gasteiger partial charge in [0.2, 0.25) is 17.7 Å². The Morgan fingerprint density at radius 1 is 1.15 bits per heavy atom. The van der Waals surface area contributed by atoms with Crippen LogP contribution in [0.2, 0.25) is 0 Å². The lowest BCUT2D eigenvalue weighted by Gasteiger charge is -2.23. The van der Waals surface area contributed by atoms with Gasteiger partial charge in [-0.25, -0.2) is 0 Å². The van der Waals surface area contributed by atoms with Gasteiger partial charge in [0.25, 0.3) is 0 Å². The minimum absolute atomic E-state index is 0.121. The molecule has 2 aliphatic rings. The smallest absolute Gasteiger partial charge is 0.249 e. The van der Waals surface area contributed by atoms with E-state index < -0.39 is 11.9 Å². The molecule has 1 aliphatic heterocycles. The van der Waals surface area contributed by atoms with Crippen LogP contribution in [0, 0.1) is 0 Å². The normalized spacial score (nSPS) is 25.0.